The first-order valence-electron chi connectivity index (χ1n) is 12.6. The molecular formula is C29H33N5O3. The summed E-state index contributed by atoms with van der Waals surface area (Å²) in [6.45, 7) is 3.00. The fraction of sp³-hybridized carbons (Fsp3) is 0.310. The second kappa shape index (κ2) is 13.4. The number of hydrogen-bond donors (Lipinski definition) is 2. The van der Waals surface area contributed by atoms with Gasteiger partial charge in [-0.05, 0) is 39.1 Å². The van der Waals surface area contributed by atoms with Crippen LogP contribution in [0.25, 0.3) is 22.5 Å². The highest BCUT2D eigenvalue weighted by molar-refractivity contribution is 5.80. The molecule has 2 N–H and O–H groups in total. The molecule has 37 heavy (non-hydrogen) atoms. The van der Waals surface area contributed by atoms with E-state index in [1.807, 2.05) is 78.9 Å². The molecule has 0 aliphatic carbocycles. The Hall–Kier alpha value is -3.88. The highest BCUT2D eigenvalue weighted by Crippen LogP contribution is 2.30. The summed E-state index contributed by atoms with van der Waals surface area (Å²) in [5.41, 5.74) is 4.97. The number of benzene rings is 3. The molecule has 0 spiro atoms. The van der Waals surface area contributed by atoms with E-state index in [1.54, 1.807) is 4.90 Å². The van der Waals surface area contributed by atoms with E-state index in [4.69, 9.17) is 4.74 Å². The number of aliphatic hydroxyl groups excluding tert-OH is 1. The summed E-state index contributed by atoms with van der Waals surface area (Å²) in [4.78, 5) is 14.9. The Balaban J connectivity index is 1.49. The SMILES string of the molecule is CCCCC(=O)N(Cc1ccc(-c2ccccc2-c2nnn[nH]2)cc1)C(CO)COCc1ccccc1. The number of unbranched alkanes of at least 4 members (excludes halogenated alkanes) is 1. The Morgan fingerprint density at radius 1 is 0.973 bits per heavy atom. The number of carbonyl (C=O) groups is 1. The Morgan fingerprint density at radius 3 is 2.38 bits per heavy atom. The van der Waals surface area contributed by atoms with Crippen LogP contribution in [0.1, 0.15) is 37.3 Å². The van der Waals surface area contributed by atoms with Gasteiger partial charge in [0.05, 0.1) is 25.9 Å². The first-order chi connectivity index (χ1) is 18.2. The van der Waals surface area contributed by atoms with Gasteiger partial charge in [-0.1, -0.05) is 92.2 Å². The van der Waals surface area contributed by atoms with E-state index in [9.17, 15) is 9.90 Å². The second-order valence-corrected chi connectivity index (χ2v) is 8.95. The zero-order chi connectivity index (χ0) is 25.9. The molecule has 0 bridgehead atoms. The van der Waals surface area contributed by atoms with Crippen LogP contribution in [0.2, 0.25) is 0 Å². The smallest absolute Gasteiger partial charge is 0.223 e. The summed E-state index contributed by atoms with van der Waals surface area (Å²) in [7, 11) is 0. The topological polar surface area (TPSA) is 104 Å². The van der Waals surface area contributed by atoms with Gasteiger partial charge in [-0.25, -0.2) is 5.10 Å². The number of tetrazole rings is 1. The van der Waals surface area contributed by atoms with Gasteiger partial charge < -0.3 is 14.7 Å². The molecule has 192 valence electrons. The van der Waals surface area contributed by atoms with E-state index in [0.717, 1.165) is 40.7 Å². The number of aromatic amines is 1. The van der Waals surface area contributed by atoms with E-state index in [-0.39, 0.29) is 19.1 Å². The Labute approximate surface area is 217 Å². The van der Waals surface area contributed by atoms with Gasteiger partial charge in [0.25, 0.3) is 0 Å². The van der Waals surface area contributed by atoms with Crippen molar-refractivity contribution in [1.82, 2.24) is 25.5 Å². The third-order valence-electron chi connectivity index (χ3n) is 6.28. The summed E-state index contributed by atoms with van der Waals surface area (Å²) in [6.07, 6.45) is 2.19. The Bertz CT molecular complexity index is 1230. The van der Waals surface area contributed by atoms with E-state index >= 15 is 0 Å². The number of rotatable bonds is 13. The zero-order valence-electron chi connectivity index (χ0n) is 21.1. The summed E-state index contributed by atoms with van der Waals surface area (Å²) in [5.74, 6) is 0.630. The largest absolute Gasteiger partial charge is 0.394 e. The van der Waals surface area contributed by atoms with Crippen molar-refractivity contribution in [3.63, 3.8) is 0 Å². The first kappa shape index (κ1) is 26.2. The summed E-state index contributed by atoms with van der Waals surface area (Å²) in [5, 5.41) is 24.4. The van der Waals surface area contributed by atoms with E-state index in [0.29, 0.717) is 25.4 Å². The van der Waals surface area contributed by atoms with Gasteiger partial charge in [-0.2, -0.15) is 0 Å². The van der Waals surface area contributed by atoms with Crippen LogP contribution in [0.3, 0.4) is 0 Å². The Morgan fingerprint density at radius 2 is 1.70 bits per heavy atom. The van der Waals surface area contributed by atoms with Gasteiger partial charge in [0.1, 0.15) is 0 Å². The zero-order valence-corrected chi connectivity index (χ0v) is 21.1. The molecule has 0 fully saturated rings. The lowest BCUT2D eigenvalue weighted by Crippen LogP contribution is -2.44. The summed E-state index contributed by atoms with van der Waals surface area (Å²) < 4.78 is 5.90. The minimum Gasteiger partial charge on any atom is -0.394 e. The number of carbonyl (C=O) groups excluding carboxylic acids is 1. The highest BCUT2D eigenvalue weighted by atomic mass is 16.5. The van der Waals surface area contributed by atoms with Crippen LogP contribution in [-0.4, -0.2) is 55.8 Å². The van der Waals surface area contributed by atoms with Crippen molar-refractivity contribution in [2.75, 3.05) is 13.2 Å². The molecule has 1 heterocycles. The quantitative estimate of drug-likeness (QED) is 0.278. The van der Waals surface area contributed by atoms with Crippen molar-refractivity contribution in [2.24, 2.45) is 0 Å². The van der Waals surface area contributed by atoms with Crippen molar-refractivity contribution in [1.29, 1.82) is 0 Å². The predicted molar refractivity (Wildman–Crippen MR) is 142 cm³/mol. The van der Waals surface area contributed by atoms with Crippen molar-refractivity contribution >= 4 is 5.91 Å². The standard InChI is InChI=1S/C29H33N5O3/c1-2-3-13-28(36)34(25(19-35)21-37-20-23-9-5-4-6-10-23)18-22-14-16-24(17-15-22)26-11-7-8-12-27(26)29-30-32-33-31-29/h4-12,14-17,25,35H,2-3,13,18-21H2,1H3,(H,30,31,32,33). The number of amides is 1. The molecule has 8 heteroatoms. The third kappa shape index (κ3) is 7.09. The van der Waals surface area contributed by atoms with Crippen LogP contribution >= 0.6 is 0 Å². The molecule has 0 saturated carbocycles. The number of nitrogens with one attached hydrogen (secondary N) is 1. The lowest BCUT2D eigenvalue weighted by atomic mass is 9.98. The molecule has 1 atom stereocenters. The number of aliphatic hydroxyl groups is 1. The van der Waals surface area contributed by atoms with Crippen LogP contribution in [0.5, 0.6) is 0 Å². The molecule has 3 aromatic carbocycles. The fourth-order valence-corrected chi connectivity index (χ4v) is 4.22. The molecule has 1 aromatic heterocycles. The molecule has 4 rings (SSSR count). The minimum atomic E-state index is -0.424. The normalized spacial score (nSPS) is 11.8. The molecule has 0 saturated heterocycles. The lowest BCUT2D eigenvalue weighted by molar-refractivity contribution is -0.137. The maximum Gasteiger partial charge on any atom is 0.223 e. The van der Waals surface area contributed by atoms with Crippen molar-refractivity contribution in [2.45, 2.75) is 45.4 Å². The van der Waals surface area contributed by atoms with E-state index in [1.165, 1.54) is 0 Å². The molecule has 0 aliphatic heterocycles. The highest BCUT2D eigenvalue weighted by Gasteiger charge is 2.23. The molecule has 0 aliphatic rings. The van der Waals surface area contributed by atoms with Gasteiger partial charge in [0.2, 0.25) is 5.91 Å². The van der Waals surface area contributed by atoms with E-state index < -0.39 is 6.04 Å². The molecule has 8 nitrogen and oxygen atoms in total. The van der Waals surface area contributed by atoms with Crippen LogP contribution in [0.4, 0.5) is 0 Å². The van der Waals surface area contributed by atoms with Gasteiger partial charge in [0.15, 0.2) is 5.82 Å². The molecular weight excluding hydrogens is 466 g/mol. The predicted octanol–water partition coefficient (Wildman–Crippen LogP) is 4.63. The molecule has 0 radical (unpaired) electrons. The van der Waals surface area contributed by atoms with Crippen LogP contribution in [-0.2, 0) is 22.7 Å². The van der Waals surface area contributed by atoms with Crippen LogP contribution in [0, 0.1) is 0 Å². The lowest BCUT2D eigenvalue weighted by Gasteiger charge is -2.31. The monoisotopic (exact) mass is 499 g/mol. The van der Waals surface area contributed by atoms with Crippen LogP contribution < -0.4 is 0 Å². The number of hydrogen-bond acceptors (Lipinski definition) is 6. The molecule has 1 amide bonds. The maximum absolute atomic E-state index is 13.1. The summed E-state index contributed by atoms with van der Waals surface area (Å²) >= 11 is 0. The number of ether oxygens (including phenoxy) is 1. The fourth-order valence-electron chi connectivity index (χ4n) is 4.22. The van der Waals surface area contributed by atoms with Gasteiger partial charge in [-0.3, -0.25) is 4.79 Å². The van der Waals surface area contributed by atoms with Crippen LogP contribution in [0.15, 0.2) is 78.9 Å². The van der Waals surface area contributed by atoms with Crippen molar-refractivity contribution in [3.05, 3.63) is 90.0 Å². The second-order valence-electron chi connectivity index (χ2n) is 8.95. The maximum atomic E-state index is 13.1. The number of nitrogens with zero attached hydrogens (tertiary/aromatic N) is 4. The van der Waals surface area contributed by atoms with Gasteiger partial charge >= 0.3 is 0 Å². The van der Waals surface area contributed by atoms with Crippen molar-refractivity contribution < 1.29 is 14.6 Å². The average Bonchev–Trinajstić information content (AvgIpc) is 3.49. The number of aromatic nitrogens is 4. The van der Waals surface area contributed by atoms with Crippen molar-refractivity contribution in [3.8, 4) is 22.5 Å². The Kier molecular flexibility index (Phi) is 9.51. The van der Waals surface area contributed by atoms with E-state index in [2.05, 4.69) is 27.5 Å². The summed E-state index contributed by atoms with van der Waals surface area (Å²) in [6, 6.07) is 25.5. The number of H-pyrrole nitrogens is 1. The minimum absolute atomic E-state index is 0.0245. The molecule has 4 aromatic rings. The van der Waals surface area contributed by atoms with Gasteiger partial charge in [0, 0.05) is 18.5 Å². The first-order valence-corrected chi connectivity index (χ1v) is 12.6. The third-order valence-corrected chi connectivity index (χ3v) is 6.28. The average molecular weight is 500 g/mol. The molecule has 1 unspecified atom stereocenters. The van der Waals surface area contributed by atoms with Gasteiger partial charge in [-0.15, -0.1) is 5.10 Å².